The summed E-state index contributed by atoms with van der Waals surface area (Å²) in [6.45, 7) is 2.04. The molecule has 0 heterocycles. The molecular weight excluding hydrogens is 268 g/mol. The molecule has 0 radical (unpaired) electrons. The standard InChI is InChI=1S/C10H13BrFN.ClH/c1-2-3-10(13)8-6-7(11)4-5-9(8)12;/h4-6,10H,2-3,13H2,1H3;1H/t10-;/m1./s1. The monoisotopic (exact) mass is 281 g/mol. The maximum Gasteiger partial charge on any atom is 0.128 e. The zero-order valence-corrected chi connectivity index (χ0v) is 10.4. The lowest BCUT2D eigenvalue weighted by molar-refractivity contribution is 0.559. The fourth-order valence-corrected chi connectivity index (χ4v) is 1.64. The van der Waals surface area contributed by atoms with E-state index >= 15 is 0 Å². The van der Waals surface area contributed by atoms with Gasteiger partial charge >= 0.3 is 0 Å². The van der Waals surface area contributed by atoms with Gasteiger partial charge in [-0.25, -0.2) is 4.39 Å². The van der Waals surface area contributed by atoms with Crippen LogP contribution in [0.15, 0.2) is 22.7 Å². The Morgan fingerprint density at radius 2 is 2.14 bits per heavy atom. The van der Waals surface area contributed by atoms with Gasteiger partial charge in [0.1, 0.15) is 5.82 Å². The highest BCUT2D eigenvalue weighted by Gasteiger charge is 2.10. The van der Waals surface area contributed by atoms with Crippen LogP contribution in [0.3, 0.4) is 0 Å². The van der Waals surface area contributed by atoms with Crippen LogP contribution in [0.5, 0.6) is 0 Å². The summed E-state index contributed by atoms with van der Waals surface area (Å²) < 4.78 is 14.1. The minimum absolute atomic E-state index is 0. The van der Waals surface area contributed by atoms with Crippen molar-refractivity contribution in [1.82, 2.24) is 0 Å². The lowest BCUT2D eigenvalue weighted by Crippen LogP contribution is -2.11. The third-order valence-electron chi connectivity index (χ3n) is 1.96. The highest BCUT2D eigenvalue weighted by Crippen LogP contribution is 2.22. The average molecular weight is 283 g/mol. The van der Waals surface area contributed by atoms with E-state index in [4.69, 9.17) is 5.73 Å². The second kappa shape index (κ2) is 6.38. The van der Waals surface area contributed by atoms with Crippen molar-refractivity contribution in [2.75, 3.05) is 0 Å². The number of halogens is 3. The Hall–Kier alpha value is -0.120. The number of hydrogen-bond acceptors (Lipinski definition) is 1. The number of nitrogens with two attached hydrogens (primary N) is 1. The van der Waals surface area contributed by atoms with Gasteiger partial charge in [-0.15, -0.1) is 12.4 Å². The molecule has 1 rings (SSSR count). The minimum atomic E-state index is -0.218. The predicted molar refractivity (Wildman–Crippen MR) is 63.2 cm³/mol. The molecule has 1 aromatic rings. The summed E-state index contributed by atoms with van der Waals surface area (Å²) in [6, 6.07) is 4.67. The quantitative estimate of drug-likeness (QED) is 0.896. The molecule has 80 valence electrons. The molecule has 4 heteroatoms. The van der Waals surface area contributed by atoms with Crippen LogP contribution in [0, 0.1) is 5.82 Å². The first-order valence-electron chi connectivity index (χ1n) is 4.35. The molecule has 1 aromatic carbocycles. The van der Waals surface area contributed by atoms with Crippen LogP contribution < -0.4 is 5.73 Å². The van der Waals surface area contributed by atoms with Crippen LogP contribution in [0.1, 0.15) is 31.4 Å². The van der Waals surface area contributed by atoms with Crippen LogP contribution in [-0.2, 0) is 0 Å². The smallest absolute Gasteiger partial charge is 0.128 e. The zero-order chi connectivity index (χ0) is 9.84. The highest BCUT2D eigenvalue weighted by atomic mass is 79.9. The Bertz CT molecular complexity index is 293. The minimum Gasteiger partial charge on any atom is -0.324 e. The fourth-order valence-electron chi connectivity index (χ4n) is 1.27. The van der Waals surface area contributed by atoms with Gasteiger partial charge in [-0.2, -0.15) is 0 Å². The topological polar surface area (TPSA) is 26.0 Å². The molecule has 0 amide bonds. The summed E-state index contributed by atoms with van der Waals surface area (Å²) >= 11 is 3.29. The summed E-state index contributed by atoms with van der Waals surface area (Å²) in [5.41, 5.74) is 6.41. The van der Waals surface area contributed by atoms with Gasteiger partial charge in [0.05, 0.1) is 0 Å². The molecule has 0 aliphatic carbocycles. The summed E-state index contributed by atoms with van der Waals surface area (Å²) in [5, 5.41) is 0. The van der Waals surface area contributed by atoms with Gasteiger partial charge in [0, 0.05) is 16.1 Å². The second-order valence-corrected chi connectivity index (χ2v) is 3.98. The van der Waals surface area contributed by atoms with Gasteiger partial charge in [-0.05, 0) is 24.6 Å². The lowest BCUT2D eigenvalue weighted by atomic mass is 10.0. The van der Waals surface area contributed by atoms with Crippen LogP contribution in [0.4, 0.5) is 4.39 Å². The third kappa shape index (κ3) is 3.56. The first kappa shape index (κ1) is 13.9. The van der Waals surface area contributed by atoms with E-state index in [1.807, 2.05) is 6.92 Å². The van der Waals surface area contributed by atoms with E-state index in [1.54, 1.807) is 12.1 Å². The number of benzene rings is 1. The third-order valence-corrected chi connectivity index (χ3v) is 2.45. The van der Waals surface area contributed by atoms with E-state index in [0.29, 0.717) is 5.56 Å². The van der Waals surface area contributed by atoms with Crippen LogP contribution in [-0.4, -0.2) is 0 Å². The normalized spacial score (nSPS) is 12.0. The maximum absolute atomic E-state index is 13.2. The Morgan fingerprint density at radius 1 is 1.50 bits per heavy atom. The van der Waals surface area contributed by atoms with Crippen LogP contribution >= 0.6 is 28.3 Å². The molecule has 0 spiro atoms. The molecule has 1 nitrogen and oxygen atoms in total. The maximum atomic E-state index is 13.2. The zero-order valence-electron chi connectivity index (χ0n) is 7.97. The van der Waals surface area contributed by atoms with Crippen molar-refractivity contribution in [3.05, 3.63) is 34.1 Å². The van der Waals surface area contributed by atoms with E-state index < -0.39 is 0 Å². The molecule has 1 atom stereocenters. The van der Waals surface area contributed by atoms with Gasteiger partial charge in [0.2, 0.25) is 0 Å². The number of hydrogen-bond donors (Lipinski definition) is 1. The molecule has 0 aliphatic heterocycles. The Kier molecular flexibility index (Phi) is 6.33. The van der Waals surface area contributed by atoms with E-state index in [0.717, 1.165) is 17.3 Å². The first-order valence-corrected chi connectivity index (χ1v) is 5.15. The Labute approximate surface area is 98.4 Å². The fraction of sp³-hybridized carbons (Fsp3) is 0.400. The molecule has 14 heavy (non-hydrogen) atoms. The summed E-state index contributed by atoms with van der Waals surface area (Å²) in [7, 11) is 0. The van der Waals surface area contributed by atoms with E-state index in [-0.39, 0.29) is 24.3 Å². The van der Waals surface area contributed by atoms with Gasteiger partial charge < -0.3 is 5.73 Å². The van der Waals surface area contributed by atoms with Gasteiger partial charge in [0.25, 0.3) is 0 Å². The van der Waals surface area contributed by atoms with Gasteiger partial charge in [-0.1, -0.05) is 29.3 Å². The second-order valence-electron chi connectivity index (χ2n) is 3.06. The SMILES string of the molecule is CCC[C@@H](N)c1cc(Br)ccc1F.Cl. The average Bonchev–Trinajstić information content (AvgIpc) is 2.09. The largest absolute Gasteiger partial charge is 0.324 e. The van der Waals surface area contributed by atoms with E-state index in [9.17, 15) is 4.39 Å². The molecule has 0 aromatic heterocycles. The molecule has 0 bridgehead atoms. The first-order chi connectivity index (χ1) is 6.15. The summed E-state index contributed by atoms with van der Waals surface area (Å²) in [5.74, 6) is -0.218. The van der Waals surface area contributed by atoms with Gasteiger partial charge in [0.15, 0.2) is 0 Å². The molecule has 0 saturated carbocycles. The molecular formula is C10H14BrClFN. The van der Waals surface area contributed by atoms with Crippen molar-refractivity contribution in [3.63, 3.8) is 0 Å². The van der Waals surface area contributed by atoms with Crippen molar-refractivity contribution >= 4 is 28.3 Å². The van der Waals surface area contributed by atoms with Crippen molar-refractivity contribution in [1.29, 1.82) is 0 Å². The summed E-state index contributed by atoms with van der Waals surface area (Å²) in [6.07, 6.45) is 1.78. The van der Waals surface area contributed by atoms with E-state index in [2.05, 4.69) is 15.9 Å². The highest BCUT2D eigenvalue weighted by molar-refractivity contribution is 9.10. The van der Waals surface area contributed by atoms with Crippen molar-refractivity contribution in [2.45, 2.75) is 25.8 Å². The molecule has 2 N–H and O–H groups in total. The van der Waals surface area contributed by atoms with Crippen molar-refractivity contribution < 1.29 is 4.39 Å². The Balaban J connectivity index is 0.00000169. The van der Waals surface area contributed by atoms with Crippen LogP contribution in [0.2, 0.25) is 0 Å². The van der Waals surface area contributed by atoms with Crippen molar-refractivity contribution in [2.24, 2.45) is 5.73 Å². The van der Waals surface area contributed by atoms with Crippen LogP contribution in [0.25, 0.3) is 0 Å². The molecule has 0 unspecified atom stereocenters. The molecule has 0 aliphatic rings. The van der Waals surface area contributed by atoms with Crippen molar-refractivity contribution in [3.8, 4) is 0 Å². The summed E-state index contributed by atoms with van der Waals surface area (Å²) in [4.78, 5) is 0. The van der Waals surface area contributed by atoms with E-state index in [1.165, 1.54) is 6.07 Å². The molecule has 0 fully saturated rings. The lowest BCUT2D eigenvalue weighted by Gasteiger charge is -2.11. The molecule has 0 saturated heterocycles. The predicted octanol–water partition coefficient (Wildman–Crippen LogP) is 3.81. The Morgan fingerprint density at radius 3 is 2.71 bits per heavy atom. The van der Waals surface area contributed by atoms with Gasteiger partial charge in [-0.3, -0.25) is 0 Å². The number of rotatable bonds is 3.